The van der Waals surface area contributed by atoms with Gasteiger partial charge in [-0.3, -0.25) is 14.1 Å². The first-order valence-corrected chi connectivity index (χ1v) is 10.1. The number of amides is 1. The predicted molar refractivity (Wildman–Crippen MR) is 98.1 cm³/mol. The van der Waals surface area contributed by atoms with Crippen LogP contribution in [0.1, 0.15) is 41.9 Å². The van der Waals surface area contributed by atoms with Crippen LogP contribution < -0.4 is 0 Å². The number of thiazole rings is 1. The first kappa shape index (κ1) is 17.0. The summed E-state index contributed by atoms with van der Waals surface area (Å²) in [4.78, 5) is 23.1. The number of methoxy groups -OCH3 is 1. The monoisotopic (exact) mass is 362 g/mol. The van der Waals surface area contributed by atoms with Crippen molar-refractivity contribution in [3.63, 3.8) is 0 Å². The van der Waals surface area contributed by atoms with E-state index in [0.29, 0.717) is 11.6 Å². The molecule has 0 radical (unpaired) electrons. The van der Waals surface area contributed by atoms with Gasteiger partial charge in [0.05, 0.1) is 12.3 Å². The molecule has 2 aliphatic rings. The number of imidazole rings is 1. The van der Waals surface area contributed by atoms with E-state index in [2.05, 4.69) is 14.3 Å². The zero-order chi connectivity index (χ0) is 17.2. The van der Waals surface area contributed by atoms with Gasteiger partial charge in [-0.2, -0.15) is 0 Å². The van der Waals surface area contributed by atoms with Crippen molar-refractivity contribution >= 4 is 22.2 Å². The quantitative estimate of drug-likeness (QED) is 0.820. The first-order chi connectivity index (χ1) is 12.3. The average Bonchev–Trinajstić information content (AvgIpc) is 3.33. The zero-order valence-corrected chi connectivity index (χ0v) is 15.6. The van der Waals surface area contributed by atoms with E-state index in [1.54, 1.807) is 18.4 Å². The molecule has 0 saturated carbocycles. The minimum atomic E-state index is 0.109. The Morgan fingerprint density at radius 2 is 2.16 bits per heavy atom. The molecular formula is C18H26N4O2S. The molecule has 7 heteroatoms. The molecule has 2 aliphatic heterocycles. The molecule has 0 N–H and O–H groups in total. The van der Waals surface area contributed by atoms with Crippen molar-refractivity contribution in [1.82, 2.24) is 19.2 Å². The fraction of sp³-hybridized carbons (Fsp3) is 0.667. The Morgan fingerprint density at radius 3 is 2.96 bits per heavy atom. The zero-order valence-electron chi connectivity index (χ0n) is 14.8. The van der Waals surface area contributed by atoms with Crippen molar-refractivity contribution < 1.29 is 9.53 Å². The van der Waals surface area contributed by atoms with E-state index in [-0.39, 0.29) is 5.91 Å². The van der Waals surface area contributed by atoms with Crippen LogP contribution in [0.4, 0.5) is 0 Å². The number of fused-ring (bicyclic) bond motifs is 1. The van der Waals surface area contributed by atoms with E-state index >= 15 is 0 Å². The molecule has 0 unspecified atom stereocenters. The van der Waals surface area contributed by atoms with Crippen molar-refractivity contribution in [3.8, 4) is 0 Å². The summed E-state index contributed by atoms with van der Waals surface area (Å²) < 4.78 is 7.41. The highest BCUT2D eigenvalue weighted by Gasteiger charge is 2.29. The molecule has 136 valence electrons. The molecule has 2 aromatic heterocycles. The van der Waals surface area contributed by atoms with Crippen molar-refractivity contribution in [1.29, 1.82) is 0 Å². The Morgan fingerprint density at radius 1 is 1.32 bits per heavy atom. The van der Waals surface area contributed by atoms with Crippen LogP contribution in [0.15, 0.2) is 11.6 Å². The predicted octanol–water partition coefficient (Wildman–Crippen LogP) is 2.49. The van der Waals surface area contributed by atoms with Crippen LogP contribution in [0.3, 0.4) is 0 Å². The van der Waals surface area contributed by atoms with E-state index in [0.717, 1.165) is 69.2 Å². The van der Waals surface area contributed by atoms with Gasteiger partial charge in [0.2, 0.25) is 0 Å². The number of hydrogen-bond acceptors (Lipinski definition) is 5. The van der Waals surface area contributed by atoms with Crippen LogP contribution in [0, 0.1) is 5.92 Å². The topological polar surface area (TPSA) is 50.1 Å². The summed E-state index contributed by atoms with van der Waals surface area (Å²) in [6.45, 7) is 5.42. The lowest BCUT2D eigenvalue weighted by Crippen LogP contribution is -2.36. The van der Waals surface area contributed by atoms with E-state index in [1.165, 1.54) is 6.42 Å². The van der Waals surface area contributed by atoms with Gasteiger partial charge >= 0.3 is 0 Å². The summed E-state index contributed by atoms with van der Waals surface area (Å²) in [5.41, 5.74) is 1.70. The van der Waals surface area contributed by atoms with Crippen LogP contribution in [-0.4, -0.2) is 65.0 Å². The van der Waals surface area contributed by atoms with E-state index in [9.17, 15) is 4.79 Å². The molecule has 2 fully saturated rings. The Hall–Kier alpha value is -1.44. The molecule has 1 amide bonds. The standard InChI is InChI=1S/C18H26N4O2S/c1-24-13-14-5-8-20(11-14)12-15-16(19-18-22(15)9-10-25-18)17(23)21-6-3-2-4-7-21/h9-10,14H,2-8,11-13H2,1H3/t14-/m0/s1. The van der Waals surface area contributed by atoms with Gasteiger partial charge in [-0.1, -0.05) is 0 Å². The Labute approximate surface area is 152 Å². The molecule has 0 aliphatic carbocycles. The number of ether oxygens (including phenoxy) is 1. The number of hydrogen-bond donors (Lipinski definition) is 0. The Balaban J connectivity index is 1.56. The van der Waals surface area contributed by atoms with Crippen LogP contribution in [0.25, 0.3) is 4.96 Å². The van der Waals surface area contributed by atoms with Gasteiger partial charge in [0.15, 0.2) is 10.7 Å². The summed E-state index contributed by atoms with van der Waals surface area (Å²) in [7, 11) is 1.77. The summed E-state index contributed by atoms with van der Waals surface area (Å²) >= 11 is 1.60. The van der Waals surface area contributed by atoms with Gasteiger partial charge < -0.3 is 9.64 Å². The van der Waals surface area contributed by atoms with Crippen molar-refractivity contribution in [2.45, 2.75) is 32.2 Å². The van der Waals surface area contributed by atoms with Crippen LogP contribution in [-0.2, 0) is 11.3 Å². The maximum Gasteiger partial charge on any atom is 0.274 e. The van der Waals surface area contributed by atoms with Gasteiger partial charge in [0.25, 0.3) is 5.91 Å². The highest BCUT2D eigenvalue weighted by atomic mass is 32.1. The number of rotatable bonds is 5. The lowest BCUT2D eigenvalue weighted by molar-refractivity contribution is 0.0716. The van der Waals surface area contributed by atoms with E-state index in [4.69, 9.17) is 4.74 Å². The molecule has 2 saturated heterocycles. The molecule has 0 bridgehead atoms. The lowest BCUT2D eigenvalue weighted by atomic mass is 10.1. The van der Waals surface area contributed by atoms with Crippen molar-refractivity contribution in [2.75, 3.05) is 39.9 Å². The third-order valence-electron chi connectivity index (χ3n) is 5.35. The number of likely N-dealkylation sites (tertiary alicyclic amines) is 2. The maximum absolute atomic E-state index is 13.0. The third-order valence-corrected chi connectivity index (χ3v) is 6.11. The molecule has 4 heterocycles. The molecular weight excluding hydrogens is 336 g/mol. The van der Waals surface area contributed by atoms with E-state index in [1.807, 2.05) is 16.5 Å². The number of nitrogens with zero attached hydrogens (tertiary/aromatic N) is 4. The van der Waals surface area contributed by atoms with Gasteiger partial charge in [-0.25, -0.2) is 4.98 Å². The summed E-state index contributed by atoms with van der Waals surface area (Å²) in [5, 5.41) is 2.04. The van der Waals surface area contributed by atoms with Crippen LogP contribution in [0.2, 0.25) is 0 Å². The van der Waals surface area contributed by atoms with Gasteiger partial charge in [0, 0.05) is 44.9 Å². The van der Waals surface area contributed by atoms with Crippen LogP contribution >= 0.6 is 11.3 Å². The lowest BCUT2D eigenvalue weighted by Gasteiger charge is -2.26. The second-order valence-electron chi connectivity index (χ2n) is 7.16. The SMILES string of the molecule is COC[C@H]1CCN(Cc2c(C(=O)N3CCCCC3)nc3sccn23)C1. The molecule has 0 aromatic carbocycles. The highest BCUT2D eigenvalue weighted by Crippen LogP contribution is 2.25. The number of piperidine rings is 1. The Bertz CT molecular complexity index is 735. The van der Waals surface area contributed by atoms with Gasteiger partial charge in [-0.05, 0) is 38.1 Å². The molecule has 0 spiro atoms. The number of aromatic nitrogens is 2. The highest BCUT2D eigenvalue weighted by molar-refractivity contribution is 7.15. The molecule has 1 atom stereocenters. The van der Waals surface area contributed by atoms with Crippen molar-refractivity contribution in [3.05, 3.63) is 23.0 Å². The largest absolute Gasteiger partial charge is 0.384 e. The van der Waals surface area contributed by atoms with Gasteiger partial charge in [0.1, 0.15) is 0 Å². The molecule has 4 rings (SSSR count). The second-order valence-corrected chi connectivity index (χ2v) is 8.03. The van der Waals surface area contributed by atoms with E-state index < -0.39 is 0 Å². The summed E-state index contributed by atoms with van der Waals surface area (Å²) in [5.74, 6) is 0.704. The number of carbonyl (C=O) groups excluding carboxylic acids is 1. The molecule has 6 nitrogen and oxygen atoms in total. The maximum atomic E-state index is 13.0. The molecule has 25 heavy (non-hydrogen) atoms. The van der Waals surface area contributed by atoms with Gasteiger partial charge in [-0.15, -0.1) is 11.3 Å². The number of carbonyl (C=O) groups is 1. The van der Waals surface area contributed by atoms with Crippen molar-refractivity contribution in [2.24, 2.45) is 5.92 Å². The summed E-state index contributed by atoms with van der Waals surface area (Å²) in [6, 6.07) is 0. The normalized spacial score (nSPS) is 22.1. The second kappa shape index (κ2) is 7.43. The molecule has 2 aromatic rings. The fourth-order valence-electron chi connectivity index (χ4n) is 4.04. The average molecular weight is 362 g/mol. The third kappa shape index (κ3) is 3.45. The smallest absolute Gasteiger partial charge is 0.274 e. The Kier molecular flexibility index (Phi) is 5.05. The van der Waals surface area contributed by atoms with Crippen LogP contribution in [0.5, 0.6) is 0 Å². The fourth-order valence-corrected chi connectivity index (χ4v) is 4.77. The first-order valence-electron chi connectivity index (χ1n) is 9.21. The summed E-state index contributed by atoms with van der Waals surface area (Å²) in [6.07, 6.45) is 6.64. The minimum Gasteiger partial charge on any atom is -0.384 e. The minimum absolute atomic E-state index is 0.109.